The van der Waals surface area contributed by atoms with Gasteiger partial charge in [0.05, 0.1) is 13.1 Å². The Labute approximate surface area is 236 Å². The zero-order valence-electron chi connectivity index (χ0n) is 23.3. The third-order valence-electron chi connectivity index (χ3n) is 5.50. The van der Waals surface area contributed by atoms with Gasteiger partial charge in [0.15, 0.2) is 0 Å². The summed E-state index contributed by atoms with van der Waals surface area (Å²) in [4.78, 5) is 68.8. The molecule has 3 atom stereocenters. The van der Waals surface area contributed by atoms with E-state index in [1.807, 2.05) is 0 Å². The molecule has 0 spiro atoms. The van der Waals surface area contributed by atoms with Gasteiger partial charge in [-0.15, -0.1) is 0 Å². The number of hydrogen-bond donors (Lipinski definition) is 6. The van der Waals surface area contributed by atoms with E-state index >= 15 is 0 Å². The molecule has 0 saturated heterocycles. The quantitative estimate of drug-likeness (QED) is 0.0763. The maximum absolute atomic E-state index is 14.0. The standard InChI is InChI=1S/C24H41F3N6O8/c1-16(34)29-13-18(25)7-10-28-21(36)3-4-22(37)30-15-20(27)9-12-33(41)24(39)6-5-23(38)31-14-19(26)8-11-32(40)17(2)35/h18-20,40-41H,3-15H2,1-2H3,(H,28,36)(H,29,34)(H,30,37)(H,31,38). The van der Waals surface area contributed by atoms with E-state index in [9.17, 15) is 52.4 Å². The minimum Gasteiger partial charge on any atom is -0.356 e. The van der Waals surface area contributed by atoms with Crippen molar-refractivity contribution in [1.82, 2.24) is 31.4 Å². The molecule has 6 amide bonds. The minimum atomic E-state index is -1.62. The van der Waals surface area contributed by atoms with Crippen molar-refractivity contribution in [2.75, 3.05) is 39.3 Å². The SMILES string of the molecule is CC(=O)NCC(F)CCNC(=O)CCC(=O)NCC(F)CCN(O)C(=O)CCC(=O)NCC(F)CCN(O)C(C)=O. The second-order valence-corrected chi connectivity index (χ2v) is 9.21. The van der Waals surface area contributed by atoms with Crippen LogP contribution < -0.4 is 21.3 Å². The summed E-state index contributed by atoms with van der Waals surface area (Å²) in [5, 5.41) is 28.8. The molecule has 0 aliphatic rings. The Balaban J connectivity index is 4.00. The molecule has 236 valence electrons. The molecular formula is C24H41F3N6O8. The second-order valence-electron chi connectivity index (χ2n) is 9.21. The van der Waals surface area contributed by atoms with Crippen molar-refractivity contribution in [3.8, 4) is 0 Å². The number of hydroxylamine groups is 4. The lowest BCUT2D eigenvalue weighted by molar-refractivity contribution is -0.166. The molecule has 41 heavy (non-hydrogen) atoms. The third-order valence-corrected chi connectivity index (χ3v) is 5.50. The summed E-state index contributed by atoms with van der Waals surface area (Å²) in [7, 11) is 0. The smallest absolute Gasteiger partial charge is 0.246 e. The second kappa shape index (κ2) is 21.3. The lowest BCUT2D eigenvalue weighted by Crippen LogP contribution is -2.36. The van der Waals surface area contributed by atoms with Crippen LogP contribution in [0.25, 0.3) is 0 Å². The molecule has 0 aromatic heterocycles. The predicted octanol–water partition coefficient (Wildman–Crippen LogP) is -0.328. The highest BCUT2D eigenvalue weighted by Gasteiger charge is 2.18. The molecule has 0 saturated carbocycles. The Kier molecular flexibility index (Phi) is 19.5. The molecule has 0 aromatic carbocycles. The zero-order valence-corrected chi connectivity index (χ0v) is 23.3. The van der Waals surface area contributed by atoms with Crippen LogP contribution in [0.3, 0.4) is 0 Å². The van der Waals surface area contributed by atoms with Crippen molar-refractivity contribution >= 4 is 35.4 Å². The van der Waals surface area contributed by atoms with Gasteiger partial charge in [-0.25, -0.2) is 23.3 Å². The molecule has 0 bridgehead atoms. The Morgan fingerprint density at radius 3 is 1.51 bits per heavy atom. The Morgan fingerprint density at radius 2 is 1.02 bits per heavy atom. The van der Waals surface area contributed by atoms with Crippen LogP contribution in [0.15, 0.2) is 0 Å². The first-order valence-electron chi connectivity index (χ1n) is 13.1. The maximum atomic E-state index is 14.0. The monoisotopic (exact) mass is 598 g/mol. The molecular weight excluding hydrogens is 557 g/mol. The number of carbonyl (C=O) groups excluding carboxylic acids is 6. The summed E-state index contributed by atoms with van der Waals surface area (Å²) in [6.45, 7) is 0.694. The van der Waals surface area contributed by atoms with E-state index in [0.29, 0.717) is 5.06 Å². The number of nitrogens with one attached hydrogen (secondary N) is 4. The molecule has 0 heterocycles. The van der Waals surface area contributed by atoms with Gasteiger partial charge in [0.1, 0.15) is 18.5 Å². The van der Waals surface area contributed by atoms with E-state index < -0.39 is 74.1 Å². The molecule has 0 aromatic rings. The van der Waals surface area contributed by atoms with Crippen LogP contribution >= 0.6 is 0 Å². The van der Waals surface area contributed by atoms with Crippen LogP contribution in [0.5, 0.6) is 0 Å². The van der Waals surface area contributed by atoms with Crippen LogP contribution in [-0.2, 0) is 28.8 Å². The molecule has 0 radical (unpaired) electrons. The molecule has 3 unspecified atom stereocenters. The van der Waals surface area contributed by atoms with E-state index in [4.69, 9.17) is 0 Å². The zero-order chi connectivity index (χ0) is 31.4. The highest BCUT2D eigenvalue weighted by molar-refractivity contribution is 5.84. The molecule has 0 rings (SSSR count). The van der Waals surface area contributed by atoms with Gasteiger partial charge < -0.3 is 21.3 Å². The van der Waals surface area contributed by atoms with Crippen molar-refractivity contribution in [2.45, 2.75) is 77.3 Å². The average Bonchev–Trinajstić information content (AvgIpc) is 2.92. The topological polar surface area (TPSA) is 197 Å². The Morgan fingerprint density at radius 1 is 0.610 bits per heavy atom. The number of carbonyl (C=O) groups is 6. The van der Waals surface area contributed by atoms with Gasteiger partial charge in [-0.3, -0.25) is 39.2 Å². The van der Waals surface area contributed by atoms with Gasteiger partial charge in [-0.05, 0) is 6.42 Å². The number of nitrogens with zero attached hydrogens (tertiary/aromatic N) is 2. The van der Waals surface area contributed by atoms with Crippen LogP contribution in [0, 0.1) is 0 Å². The molecule has 0 fully saturated rings. The van der Waals surface area contributed by atoms with Gasteiger partial charge in [0.2, 0.25) is 35.4 Å². The summed E-state index contributed by atoms with van der Waals surface area (Å²) in [6.07, 6.45) is -6.29. The molecule has 6 N–H and O–H groups in total. The van der Waals surface area contributed by atoms with Crippen LogP contribution in [0.1, 0.15) is 58.8 Å². The molecule has 0 aliphatic heterocycles. The fourth-order valence-electron chi connectivity index (χ4n) is 3.03. The van der Waals surface area contributed by atoms with Crippen LogP contribution in [0.2, 0.25) is 0 Å². The first kappa shape index (κ1) is 37.5. The Bertz CT molecular complexity index is 869. The summed E-state index contributed by atoms with van der Waals surface area (Å²) >= 11 is 0. The van der Waals surface area contributed by atoms with Crippen molar-refractivity contribution in [1.29, 1.82) is 0 Å². The summed E-state index contributed by atoms with van der Waals surface area (Å²) in [6, 6.07) is 0. The lowest BCUT2D eigenvalue weighted by Gasteiger charge is -2.17. The molecule has 0 aliphatic carbocycles. The van der Waals surface area contributed by atoms with E-state index in [2.05, 4.69) is 21.3 Å². The fourth-order valence-corrected chi connectivity index (χ4v) is 3.03. The highest BCUT2D eigenvalue weighted by atomic mass is 19.1. The molecule has 17 heteroatoms. The lowest BCUT2D eigenvalue weighted by atomic mass is 10.2. The third kappa shape index (κ3) is 21.0. The molecule has 14 nitrogen and oxygen atoms in total. The number of hydrogen-bond acceptors (Lipinski definition) is 8. The van der Waals surface area contributed by atoms with Gasteiger partial charge in [0.25, 0.3) is 0 Å². The van der Waals surface area contributed by atoms with Gasteiger partial charge in [-0.1, -0.05) is 0 Å². The van der Waals surface area contributed by atoms with Crippen molar-refractivity contribution in [3.05, 3.63) is 0 Å². The Hall–Kier alpha value is -3.47. The summed E-state index contributed by atoms with van der Waals surface area (Å²) in [5.74, 6) is -3.67. The normalized spacial score (nSPS) is 12.9. The first-order valence-corrected chi connectivity index (χ1v) is 13.1. The fraction of sp³-hybridized carbons (Fsp3) is 0.750. The van der Waals surface area contributed by atoms with E-state index in [1.54, 1.807) is 0 Å². The van der Waals surface area contributed by atoms with Crippen molar-refractivity contribution < 1.29 is 52.4 Å². The average molecular weight is 599 g/mol. The van der Waals surface area contributed by atoms with Gasteiger partial charge in [-0.2, -0.15) is 0 Å². The number of amides is 6. The summed E-state index contributed by atoms with van der Waals surface area (Å²) in [5.41, 5.74) is 0. The number of rotatable bonds is 21. The maximum Gasteiger partial charge on any atom is 0.246 e. The van der Waals surface area contributed by atoms with Crippen molar-refractivity contribution in [3.63, 3.8) is 0 Å². The summed E-state index contributed by atoms with van der Waals surface area (Å²) < 4.78 is 41.3. The number of alkyl halides is 3. The van der Waals surface area contributed by atoms with E-state index in [0.717, 1.165) is 6.92 Å². The highest BCUT2D eigenvalue weighted by Crippen LogP contribution is 2.04. The van der Waals surface area contributed by atoms with E-state index in [1.165, 1.54) is 6.92 Å². The van der Waals surface area contributed by atoms with Gasteiger partial charge in [0, 0.05) is 78.6 Å². The number of halogens is 3. The predicted molar refractivity (Wildman–Crippen MR) is 137 cm³/mol. The van der Waals surface area contributed by atoms with Crippen molar-refractivity contribution in [2.24, 2.45) is 0 Å². The van der Waals surface area contributed by atoms with Crippen LogP contribution in [-0.4, -0.2) is 114 Å². The van der Waals surface area contributed by atoms with Crippen LogP contribution in [0.4, 0.5) is 13.2 Å². The first-order chi connectivity index (χ1) is 19.2. The minimum absolute atomic E-state index is 0.0143. The largest absolute Gasteiger partial charge is 0.356 e. The van der Waals surface area contributed by atoms with Gasteiger partial charge >= 0.3 is 0 Å². The van der Waals surface area contributed by atoms with E-state index in [-0.39, 0.29) is 69.1 Å².